The van der Waals surface area contributed by atoms with Gasteiger partial charge >= 0.3 is 0 Å². The van der Waals surface area contributed by atoms with E-state index in [0.29, 0.717) is 24.5 Å². The molecule has 0 radical (unpaired) electrons. The highest BCUT2D eigenvalue weighted by atomic mass is 19.1. The second-order valence-corrected chi connectivity index (χ2v) is 5.85. The van der Waals surface area contributed by atoms with Crippen molar-refractivity contribution in [3.63, 3.8) is 0 Å². The number of likely N-dealkylation sites (N-methyl/N-ethyl adjacent to an activating group) is 1. The zero-order valence-corrected chi connectivity index (χ0v) is 13.4. The number of amides is 1. The standard InChI is InChI=1S/C17H21FN4O/c1-11-6-7-15(13(18)10-11)22-14-5-3-4-12(14)16(21-22)17(23)20-9-8-19-2/h6-7,10,19H,3-5,8-9H2,1-2H3,(H,20,23). The largest absolute Gasteiger partial charge is 0.349 e. The molecular weight excluding hydrogens is 295 g/mol. The van der Waals surface area contributed by atoms with Gasteiger partial charge in [0, 0.05) is 24.3 Å². The van der Waals surface area contributed by atoms with Gasteiger partial charge in [-0.05, 0) is 50.9 Å². The van der Waals surface area contributed by atoms with Crippen LogP contribution < -0.4 is 10.6 Å². The van der Waals surface area contributed by atoms with Crippen molar-refractivity contribution >= 4 is 5.91 Å². The summed E-state index contributed by atoms with van der Waals surface area (Å²) in [4.78, 5) is 12.4. The van der Waals surface area contributed by atoms with Crippen molar-refractivity contribution < 1.29 is 9.18 Å². The SMILES string of the molecule is CNCCNC(=O)c1nn(-c2ccc(C)cc2F)c2c1CCC2. The van der Waals surface area contributed by atoms with Crippen LogP contribution in [0.3, 0.4) is 0 Å². The zero-order chi connectivity index (χ0) is 16.4. The Morgan fingerprint density at radius 3 is 2.91 bits per heavy atom. The van der Waals surface area contributed by atoms with Crippen LogP contribution in [0.4, 0.5) is 4.39 Å². The Balaban J connectivity index is 1.97. The summed E-state index contributed by atoms with van der Waals surface area (Å²) in [6.07, 6.45) is 2.61. The van der Waals surface area contributed by atoms with Crippen LogP contribution in [0.5, 0.6) is 0 Å². The van der Waals surface area contributed by atoms with Crippen LogP contribution in [-0.2, 0) is 12.8 Å². The van der Waals surface area contributed by atoms with Crippen molar-refractivity contribution in [3.05, 3.63) is 46.5 Å². The van der Waals surface area contributed by atoms with Gasteiger partial charge in [-0.2, -0.15) is 5.10 Å². The zero-order valence-electron chi connectivity index (χ0n) is 13.4. The molecule has 0 fully saturated rings. The molecule has 0 aliphatic heterocycles. The van der Waals surface area contributed by atoms with Gasteiger partial charge in [0.2, 0.25) is 0 Å². The fraction of sp³-hybridized carbons (Fsp3) is 0.412. The Morgan fingerprint density at radius 2 is 2.17 bits per heavy atom. The molecule has 1 aliphatic carbocycles. The fourth-order valence-electron chi connectivity index (χ4n) is 2.99. The van der Waals surface area contributed by atoms with Gasteiger partial charge in [0.25, 0.3) is 5.91 Å². The minimum Gasteiger partial charge on any atom is -0.349 e. The second-order valence-electron chi connectivity index (χ2n) is 5.85. The number of hydrogen-bond donors (Lipinski definition) is 2. The van der Waals surface area contributed by atoms with E-state index in [9.17, 15) is 9.18 Å². The minimum absolute atomic E-state index is 0.190. The molecule has 2 aromatic rings. The lowest BCUT2D eigenvalue weighted by molar-refractivity contribution is 0.0948. The van der Waals surface area contributed by atoms with E-state index in [1.807, 2.05) is 20.0 Å². The monoisotopic (exact) mass is 316 g/mol. The molecule has 0 saturated carbocycles. The molecule has 1 heterocycles. The number of rotatable bonds is 5. The number of carbonyl (C=O) groups excluding carboxylic acids is 1. The van der Waals surface area contributed by atoms with Crippen molar-refractivity contribution in [2.45, 2.75) is 26.2 Å². The molecule has 1 aromatic carbocycles. The van der Waals surface area contributed by atoms with E-state index in [1.54, 1.807) is 10.7 Å². The third kappa shape index (κ3) is 2.99. The summed E-state index contributed by atoms with van der Waals surface area (Å²) in [5, 5.41) is 10.2. The summed E-state index contributed by atoms with van der Waals surface area (Å²) in [7, 11) is 1.83. The average Bonchev–Trinajstić information content (AvgIpc) is 3.10. The van der Waals surface area contributed by atoms with Crippen molar-refractivity contribution in [1.82, 2.24) is 20.4 Å². The molecule has 3 rings (SSSR count). The van der Waals surface area contributed by atoms with Crippen LogP contribution in [0.25, 0.3) is 5.69 Å². The summed E-state index contributed by atoms with van der Waals surface area (Å²) in [6, 6.07) is 5.07. The molecule has 1 aliphatic rings. The van der Waals surface area contributed by atoms with E-state index in [2.05, 4.69) is 15.7 Å². The third-order valence-corrected chi connectivity index (χ3v) is 4.14. The average molecular weight is 316 g/mol. The quantitative estimate of drug-likeness (QED) is 0.827. The maximum atomic E-state index is 14.3. The summed E-state index contributed by atoms with van der Waals surface area (Å²) in [5.41, 5.74) is 3.59. The molecule has 5 nitrogen and oxygen atoms in total. The first-order valence-electron chi connectivity index (χ1n) is 7.92. The topological polar surface area (TPSA) is 58.9 Å². The van der Waals surface area contributed by atoms with Gasteiger partial charge in [0.1, 0.15) is 11.5 Å². The van der Waals surface area contributed by atoms with Crippen LogP contribution in [0.15, 0.2) is 18.2 Å². The van der Waals surface area contributed by atoms with Gasteiger partial charge < -0.3 is 10.6 Å². The van der Waals surface area contributed by atoms with E-state index in [4.69, 9.17) is 0 Å². The lowest BCUT2D eigenvalue weighted by Crippen LogP contribution is -2.31. The molecule has 0 saturated heterocycles. The lowest BCUT2D eigenvalue weighted by atomic mass is 10.2. The normalized spacial score (nSPS) is 13.2. The van der Waals surface area contributed by atoms with Crippen LogP contribution in [0.1, 0.15) is 33.7 Å². The van der Waals surface area contributed by atoms with Crippen LogP contribution in [0.2, 0.25) is 0 Å². The van der Waals surface area contributed by atoms with Crippen LogP contribution >= 0.6 is 0 Å². The summed E-state index contributed by atoms with van der Waals surface area (Å²) >= 11 is 0. The second kappa shape index (κ2) is 6.50. The first-order valence-corrected chi connectivity index (χ1v) is 7.92. The number of aryl methyl sites for hydroxylation is 1. The molecule has 23 heavy (non-hydrogen) atoms. The maximum Gasteiger partial charge on any atom is 0.272 e. The van der Waals surface area contributed by atoms with Crippen molar-refractivity contribution in [3.8, 4) is 5.69 Å². The summed E-state index contributed by atoms with van der Waals surface area (Å²) < 4.78 is 15.9. The molecule has 0 bridgehead atoms. The van der Waals surface area contributed by atoms with Gasteiger partial charge in [-0.1, -0.05) is 6.07 Å². The fourth-order valence-corrected chi connectivity index (χ4v) is 2.99. The van der Waals surface area contributed by atoms with E-state index in [0.717, 1.165) is 36.1 Å². The van der Waals surface area contributed by atoms with Crippen molar-refractivity contribution in [2.24, 2.45) is 0 Å². The minimum atomic E-state index is -0.315. The molecule has 122 valence electrons. The lowest BCUT2D eigenvalue weighted by Gasteiger charge is -2.07. The highest BCUT2D eigenvalue weighted by Gasteiger charge is 2.27. The Kier molecular flexibility index (Phi) is 4.43. The predicted octanol–water partition coefficient (Wildman–Crippen LogP) is 1.76. The number of hydrogen-bond acceptors (Lipinski definition) is 3. The number of nitrogens with zero attached hydrogens (tertiary/aromatic N) is 2. The predicted molar refractivity (Wildman–Crippen MR) is 86.5 cm³/mol. The smallest absolute Gasteiger partial charge is 0.272 e. The van der Waals surface area contributed by atoms with E-state index < -0.39 is 0 Å². The Morgan fingerprint density at radius 1 is 1.35 bits per heavy atom. The number of aromatic nitrogens is 2. The van der Waals surface area contributed by atoms with Crippen molar-refractivity contribution in [2.75, 3.05) is 20.1 Å². The summed E-state index contributed by atoms with van der Waals surface area (Å²) in [6.45, 7) is 3.08. The molecule has 1 amide bonds. The highest BCUT2D eigenvalue weighted by Crippen LogP contribution is 2.28. The Hall–Kier alpha value is -2.21. The van der Waals surface area contributed by atoms with Gasteiger partial charge in [-0.3, -0.25) is 4.79 Å². The first kappa shape index (κ1) is 15.7. The maximum absolute atomic E-state index is 14.3. The first-order chi connectivity index (χ1) is 11.1. The summed E-state index contributed by atoms with van der Waals surface area (Å²) in [5.74, 6) is -0.506. The highest BCUT2D eigenvalue weighted by molar-refractivity contribution is 5.94. The number of carbonyl (C=O) groups is 1. The van der Waals surface area contributed by atoms with Gasteiger partial charge in [-0.25, -0.2) is 9.07 Å². The van der Waals surface area contributed by atoms with E-state index >= 15 is 0 Å². The van der Waals surface area contributed by atoms with Crippen LogP contribution in [0, 0.1) is 12.7 Å². The Labute approximate surface area is 134 Å². The van der Waals surface area contributed by atoms with E-state index in [-0.39, 0.29) is 11.7 Å². The Bertz CT molecular complexity index is 738. The molecule has 0 spiro atoms. The van der Waals surface area contributed by atoms with E-state index in [1.165, 1.54) is 6.07 Å². The molecule has 1 aromatic heterocycles. The number of benzene rings is 1. The third-order valence-electron chi connectivity index (χ3n) is 4.14. The molecule has 6 heteroatoms. The van der Waals surface area contributed by atoms with Crippen LogP contribution in [-0.4, -0.2) is 35.8 Å². The van der Waals surface area contributed by atoms with Gasteiger partial charge in [0.15, 0.2) is 5.69 Å². The number of nitrogens with one attached hydrogen (secondary N) is 2. The number of halogens is 1. The molecule has 0 unspecified atom stereocenters. The van der Waals surface area contributed by atoms with Gasteiger partial charge in [-0.15, -0.1) is 0 Å². The van der Waals surface area contributed by atoms with Crippen molar-refractivity contribution in [1.29, 1.82) is 0 Å². The molecule has 0 atom stereocenters. The number of fused-ring (bicyclic) bond motifs is 1. The molecule has 2 N–H and O–H groups in total. The van der Waals surface area contributed by atoms with Gasteiger partial charge in [0.05, 0.1) is 0 Å². The molecular formula is C17H21FN4O.